The Morgan fingerprint density at radius 2 is 1.91 bits per heavy atom. The van der Waals surface area contributed by atoms with Crippen LogP contribution in [0.1, 0.15) is 23.6 Å². The number of ether oxygens (including phenoxy) is 2. The van der Waals surface area contributed by atoms with E-state index in [1.54, 1.807) is 18.2 Å². The first-order valence-corrected chi connectivity index (χ1v) is 12.5. The highest BCUT2D eigenvalue weighted by Gasteiger charge is 2.24. The largest absolute Gasteiger partial charge is 0.490 e. The zero-order chi connectivity index (χ0) is 24.1. The molecule has 8 heteroatoms. The van der Waals surface area contributed by atoms with E-state index < -0.39 is 0 Å². The molecular weight excluding hydrogens is 566 g/mol. The predicted molar refractivity (Wildman–Crippen MR) is 143 cm³/mol. The van der Waals surface area contributed by atoms with Crippen molar-refractivity contribution in [3.05, 3.63) is 91.6 Å². The number of thioether (sulfide) groups is 1. The third-order valence-electron chi connectivity index (χ3n) is 4.80. The number of carbonyl (C=O) groups is 1. The summed E-state index contributed by atoms with van der Waals surface area (Å²) in [4.78, 5) is 17.4. The molecular formula is C26H22FIN2O3S. The monoisotopic (exact) mass is 588 g/mol. The second kappa shape index (κ2) is 11.1. The number of hydrogen-bond donors (Lipinski definition) is 1. The summed E-state index contributed by atoms with van der Waals surface area (Å²) < 4.78 is 26.0. The summed E-state index contributed by atoms with van der Waals surface area (Å²) >= 11 is 3.45. The van der Waals surface area contributed by atoms with Crippen LogP contribution in [0.5, 0.6) is 11.5 Å². The average molecular weight is 588 g/mol. The number of carbonyl (C=O) groups excluding carboxylic acids is 1. The molecule has 0 spiro atoms. The maximum atomic E-state index is 13.1. The van der Waals surface area contributed by atoms with Crippen molar-refractivity contribution in [2.75, 3.05) is 6.61 Å². The molecule has 3 aromatic carbocycles. The molecule has 1 amide bonds. The Balaban J connectivity index is 1.55. The van der Waals surface area contributed by atoms with Gasteiger partial charge in [0.15, 0.2) is 16.7 Å². The van der Waals surface area contributed by atoms with E-state index in [1.807, 2.05) is 44.2 Å². The van der Waals surface area contributed by atoms with Gasteiger partial charge in [-0.1, -0.05) is 29.8 Å². The van der Waals surface area contributed by atoms with Crippen LogP contribution in [-0.4, -0.2) is 17.7 Å². The quantitative estimate of drug-likeness (QED) is 0.250. The first-order valence-electron chi connectivity index (χ1n) is 10.6. The van der Waals surface area contributed by atoms with E-state index in [9.17, 15) is 9.18 Å². The van der Waals surface area contributed by atoms with Crippen LogP contribution in [0.3, 0.4) is 0 Å². The van der Waals surface area contributed by atoms with E-state index in [0.29, 0.717) is 40.5 Å². The number of amidine groups is 1. The number of benzene rings is 3. The minimum atomic E-state index is -0.335. The highest BCUT2D eigenvalue weighted by Crippen LogP contribution is 2.37. The second-order valence-electron chi connectivity index (χ2n) is 7.50. The lowest BCUT2D eigenvalue weighted by Crippen LogP contribution is -2.19. The Labute approximate surface area is 215 Å². The van der Waals surface area contributed by atoms with Crippen molar-refractivity contribution in [1.29, 1.82) is 0 Å². The van der Waals surface area contributed by atoms with E-state index >= 15 is 0 Å². The van der Waals surface area contributed by atoms with Gasteiger partial charge >= 0.3 is 0 Å². The van der Waals surface area contributed by atoms with Crippen LogP contribution in [0, 0.1) is 16.3 Å². The lowest BCUT2D eigenvalue weighted by Gasteiger charge is -2.15. The third-order valence-corrected chi connectivity index (χ3v) is 6.51. The van der Waals surface area contributed by atoms with Crippen molar-refractivity contribution in [2.45, 2.75) is 20.5 Å². The van der Waals surface area contributed by atoms with Crippen molar-refractivity contribution in [1.82, 2.24) is 5.32 Å². The topological polar surface area (TPSA) is 59.9 Å². The molecule has 0 unspecified atom stereocenters. The molecule has 0 aliphatic carbocycles. The molecule has 174 valence electrons. The summed E-state index contributed by atoms with van der Waals surface area (Å²) in [6, 6.07) is 17.8. The molecule has 1 N–H and O–H groups in total. The highest BCUT2D eigenvalue weighted by atomic mass is 127. The van der Waals surface area contributed by atoms with Gasteiger partial charge in [-0.05, 0) is 102 Å². The number of aryl methyl sites for hydroxylation is 1. The van der Waals surface area contributed by atoms with E-state index in [2.05, 4.69) is 39.0 Å². The molecule has 1 aliphatic rings. The standard InChI is InChI=1S/C26H22FIN2O3S/c1-3-32-22-13-18(12-21(28)24(22)33-15-17-6-4-5-16(2)11-17)14-23-25(31)30-26(34-23)29-20-9-7-19(27)8-10-20/h4-14H,3,15H2,1-2H3,(H,29,30,31)/b23-14+. The van der Waals surface area contributed by atoms with Crippen LogP contribution in [0.2, 0.25) is 0 Å². The van der Waals surface area contributed by atoms with Crippen LogP contribution < -0.4 is 14.8 Å². The zero-order valence-electron chi connectivity index (χ0n) is 18.6. The molecule has 0 radical (unpaired) electrons. The summed E-state index contributed by atoms with van der Waals surface area (Å²) in [5.41, 5.74) is 3.64. The van der Waals surface area contributed by atoms with Gasteiger partial charge in [0.05, 0.1) is 20.8 Å². The molecule has 5 nitrogen and oxygen atoms in total. The minimum absolute atomic E-state index is 0.237. The first kappa shape index (κ1) is 24.3. The second-order valence-corrected chi connectivity index (χ2v) is 9.69. The summed E-state index contributed by atoms with van der Waals surface area (Å²) in [5.74, 6) is 0.725. The van der Waals surface area contributed by atoms with Gasteiger partial charge in [-0.15, -0.1) is 0 Å². The molecule has 0 atom stereocenters. The number of halogens is 2. The van der Waals surface area contributed by atoms with Crippen molar-refractivity contribution < 1.29 is 18.7 Å². The Kier molecular flexibility index (Phi) is 7.89. The molecule has 1 aliphatic heterocycles. The fourth-order valence-electron chi connectivity index (χ4n) is 3.30. The number of nitrogens with one attached hydrogen (secondary N) is 1. The Morgan fingerprint density at radius 1 is 1.12 bits per heavy atom. The number of nitrogens with zero attached hydrogens (tertiary/aromatic N) is 1. The van der Waals surface area contributed by atoms with Crippen LogP contribution in [0.25, 0.3) is 6.08 Å². The number of rotatable bonds is 7. The molecule has 0 aromatic heterocycles. The van der Waals surface area contributed by atoms with Crippen molar-refractivity contribution >= 4 is 57.2 Å². The molecule has 3 aromatic rings. The van der Waals surface area contributed by atoms with Gasteiger partial charge in [0.2, 0.25) is 0 Å². The lowest BCUT2D eigenvalue weighted by molar-refractivity contribution is -0.115. The molecule has 0 bridgehead atoms. The molecule has 4 rings (SSSR count). The number of aliphatic imine (C=N–C) groups is 1. The van der Waals surface area contributed by atoms with Crippen LogP contribution in [0.4, 0.5) is 10.1 Å². The van der Waals surface area contributed by atoms with Gasteiger partial charge in [-0.2, -0.15) is 0 Å². The number of hydrogen-bond acceptors (Lipinski definition) is 5. The van der Waals surface area contributed by atoms with Gasteiger partial charge in [-0.25, -0.2) is 9.38 Å². The molecule has 1 saturated heterocycles. The maximum Gasteiger partial charge on any atom is 0.264 e. The maximum absolute atomic E-state index is 13.1. The van der Waals surface area contributed by atoms with Crippen LogP contribution in [0.15, 0.2) is 70.6 Å². The van der Waals surface area contributed by atoms with E-state index in [4.69, 9.17) is 9.47 Å². The normalized spacial score (nSPS) is 15.6. The van der Waals surface area contributed by atoms with Crippen molar-refractivity contribution in [2.24, 2.45) is 4.99 Å². The van der Waals surface area contributed by atoms with Crippen molar-refractivity contribution in [3.8, 4) is 11.5 Å². The first-order chi connectivity index (χ1) is 16.4. The van der Waals surface area contributed by atoms with E-state index in [0.717, 1.165) is 14.7 Å². The summed E-state index contributed by atoms with van der Waals surface area (Å²) in [7, 11) is 0. The fraction of sp³-hybridized carbons (Fsp3) is 0.154. The number of amides is 1. The van der Waals surface area contributed by atoms with Crippen molar-refractivity contribution in [3.63, 3.8) is 0 Å². The predicted octanol–water partition coefficient (Wildman–Crippen LogP) is 6.61. The van der Waals surface area contributed by atoms with Crippen LogP contribution >= 0.6 is 34.4 Å². The zero-order valence-corrected chi connectivity index (χ0v) is 21.6. The minimum Gasteiger partial charge on any atom is -0.490 e. The Hall–Kier alpha value is -2.85. The Morgan fingerprint density at radius 3 is 2.65 bits per heavy atom. The smallest absolute Gasteiger partial charge is 0.264 e. The summed E-state index contributed by atoms with van der Waals surface area (Å²) in [6.07, 6.45) is 1.79. The Bertz CT molecular complexity index is 1280. The summed E-state index contributed by atoms with van der Waals surface area (Å²) in [6.45, 7) is 4.88. The lowest BCUT2D eigenvalue weighted by atomic mass is 10.1. The SMILES string of the molecule is CCOc1cc(/C=C2/SC(=Nc3ccc(F)cc3)NC2=O)cc(I)c1OCc1cccc(C)c1. The van der Waals surface area contributed by atoms with Gasteiger partial charge in [0.1, 0.15) is 12.4 Å². The molecule has 1 heterocycles. The third kappa shape index (κ3) is 6.18. The van der Waals surface area contributed by atoms with Gasteiger partial charge in [0.25, 0.3) is 5.91 Å². The molecule has 1 fully saturated rings. The fourth-order valence-corrected chi connectivity index (χ4v) is 4.92. The van der Waals surface area contributed by atoms with E-state index in [1.165, 1.54) is 29.5 Å². The molecule has 34 heavy (non-hydrogen) atoms. The van der Waals surface area contributed by atoms with Crippen LogP contribution in [-0.2, 0) is 11.4 Å². The van der Waals surface area contributed by atoms with Gasteiger partial charge < -0.3 is 14.8 Å². The van der Waals surface area contributed by atoms with Gasteiger partial charge in [0, 0.05) is 0 Å². The highest BCUT2D eigenvalue weighted by molar-refractivity contribution is 14.1. The average Bonchev–Trinajstić information content (AvgIpc) is 3.13. The van der Waals surface area contributed by atoms with Gasteiger partial charge in [-0.3, -0.25) is 4.79 Å². The molecule has 0 saturated carbocycles. The summed E-state index contributed by atoms with van der Waals surface area (Å²) in [5, 5.41) is 3.20. The van der Waals surface area contributed by atoms with E-state index in [-0.39, 0.29) is 11.7 Å².